The fourth-order valence-corrected chi connectivity index (χ4v) is 9.72. The number of rotatable bonds is 5. The number of oxazole rings is 1. The predicted octanol–water partition coefficient (Wildman–Crippen LogP) is 14.4. The topological polar surface area (TPSA) is 29.3 Å². The Kier molecular flexibility index (Phi) is 5.93. The zero-order valence-electron chi connectivity index (χ0n) is 28.4. The molecular formula is C49H28N2OS. The van der Waals surface area contributed by atoms with Crippen molar-refractivity contribution in [1.29, 1.82) is 0 Å². The van der Waals surface area contributed by atoms with Crippen molar-refractivity contribution in [3.63, 3.8) is 0 Å². The molecule has 1 aliphatic rings. The van der Waals surface area contributed by atoms with Crippen LogP contribution in [0.25, 0.3) is 97.7 Å². The zero-order chi connectivity index (χ0) is 34.6. The molecule has 1 aliphatic carbocycles. The van der Waals surface area contributed by atoms with Crippen molar-refractivity contribution in [3.05, 3.63) is 170 Å². The number of hydrogen-bond donors (Lipinski definition) is 0. The smallest absolute Gasteiger partial charge is 0.227 e. The molecule has 246 valence electrons. The summed E-state index contributed by atoms with van der Waals surface area (Å²) < 4.78 is 9.15. The average Bonchev–Trinajstić information content (AvgIpc) is 3.91. The van der Waals surface area contributed by atoms with Gasteiger partial charge in [0.2, 0.25) is 5.89 Å². The Hall–Kier alpha value is -6.75. The van der Waals surface area contributed by atoms with E-state index in [2.05, 4.69) is 157 Å². The van der Waals surface area contributed by atoms with E-state index < -0.39 is 0 Å². The fraction of sp³-hybridized carbons (Fsp3) is 0. The van der Waals surface area contributed by atoms with E-state index in [1.165, 1.54) is 63.6 Å². The molecule has 9 aromatic carbocycles. The minimum Gasteiger partial charge on any atom is -0.435 e. The van der Waals surface area contributed by atoms with Gasteiger partial charge in [-0.2, -0.15) is 0 Å². The lowest BCUT2D eigenvalue weighted by Gasteiger charge is -2.28. The molecular weight excluding hydrogens is 665 g/mol. The largest absolute Gasteiger partial charge is 0.435 e. The first-order chi connectivity index (χ1) is 26.3. The monoisotopic (exact) mass is 692 g/mol. The number of nitrogens with zero attached hydrogens (tertiary/aromatic N) is 2. The lowest BCUT2D eigenvalue weighted by molar-refractivity contribution is 0.590. The summed E-state index contributed by atoms with van der Waals surface area (Å²) in [7, 11) is 0. The molecule has 11 aromatic rings. The first kappa shape index (κ1) is 28.9. The lowest BCUT2D eigenvalue weighted by atomic mass is 9.90. The Morgan fingerprint density at radius 1 is 0.453 bits per heavy atom. The number of hydrogen-bond acceptors (Lipinski definition) is 4. The van der Waals surface area contributed by atoms with Gasteiger partial charge in [0.1, 0.15) is 5.69 Å². The summed E-state index contributed by atoms with van der Waals surface area (Å²) in [5, 5.41) is 9.99. The minimum absolute atomic E-state index is 0.658. The third kappa shape index (κ3) is 4.18. The number of aromatic nitrogens is 1. The van der Waals surface area contributed by atoms with E-state index in [-0.39, 0.29) is 0 Å². The molecule has 0 radical (unpaired) electrons. The molecule has 3 nitrogen and oxygen atoms in total. The standard InChI is InChI=1S/C49H28N2OS/c1-3-9-29(10-4-1)30-15-20-34(21-16-30)51(35-22-25-37-36-13-7-8-14-42(36)53-43(37)28-35)41-26-19-33-27-40-46-39(24-18-31-17-23-38(41)44(33)45(31)46)47-48(40)52-49(50-47)32-11-5-2-6-12-32/h1-28H. The molecule has 0 atom stereocenters. The van der Waals surface area contributed by atoms with Crippen LogP contribution in [-0.2, 0) is 0 Å². The quantitative estimate of drug-likeness (QED) is 0.168. The van der Waals surface area contributed by atoms with Gasteiger partial charge in [-0.25, -0.2) is 4.98 Å². The highest BCUT2D eigenvalue weighted by molar-refractivity contribution is 7.25. The molecule has 53 heavy (non-hydrogen) atoms. The molecule has 0 N–H and O–H groups in total. The number of benzene rings is 9. The molecule has 0 unspecified atom stereocenters. The van der Waals surface area contributed by atoms with Gasteiger partial charge < -0.3 is 9.32 Å². The molecule has 0 saturated heterocycles. The van der Waals surface area contributed by atoms with Gasteiger partial charge in [0.15, 0.2) is 5.76 Å². The summed E-state index contributed by atoms with van der Waals surface area (Å²) >= 11 is 1.86. The molecule has 0 bridgehead atoms. The Morgan fingerprint density at radius 3 is 1.98 bits per heavy atom. The van der Waals surface area contributed by atoms with E-state index in [1.807, 2.05) is 29.5 Å². The maximum atomic E-state index is 6.56. The Balaban J connectivity index is 1.08. The van der Waals surface area contributed by atoms with Gasteiger partial charge in [0.25, 0.3) is 0 Å². The average molecular weight is 693 g/mol. The summed E-state index contributed by atoms with van der Waals surface area (Å²) in [4.78, 5) is 7.50. The molecule has 0 amide bonds. The maximum Gasteiger partial charge on any atom is 0.227 e. The van der Waals surface area contributed by atoms with Gasteiger partial charge in [0, 0.05) is 59.0 Å². The number of thiophene rings is 1. The third-order valence-corrected chi connectivity index (χ3v) is 12.1. The van der Waals surface area contributed by atoms with Crippen LogP contribution < -0.4 is 4.90 Å². The van der Waals surface area contributed by atoms with Crippen LogP contribution in [0, 0.1) is 0 Å². The van der Waals surface area contributed by atoms with Crippen LogP contribution in [0.5, 0.6) is 0 Å². The summed E-state index contributed by atoms with van der Waals surface area (Å²) in [6, 6.07) is 61.4. The molecule has 2 aromatic heterocycles. The highest BCUT2D eigenvalue weighted by Crippen LogP contribution is 2.54. The van der Waals surface area contributed by atoms with Crippen molar-refractivity contribution in [2.24, 2.45) is 0 Å². The van der Waals surface area contributed by atoms with Crippen LogP contribution in [-0.4, -0.2) is 4.98 Å². The predicted molar refractivity (Wildman–Crippen MR) is 223 cm³/mol. The lowest BCUT2D eigenvalue weighted by Crippen LogP contribution is -2.10. The van der Waals surface area contributed by atoms with Gasteiger partial charge >= 0.3 is 0 Å². The summed E-state index contributed by atoms with van der Waals surface area (Å²) in [5.74, 6) is 1.51. The van der Waals surface area contributed by atoms with Crippen molar-refractivity contribution in [3.8, 4) is 45.2 Å². The molecule has 4 heteroatoms. The van der Waals surface area contributed by atoms with Gasteiger partial charge in [0.05, 0.1) is 5.69 Å². The van der Waals surface area contributed by atoms with Gasteiger partial charge in [-0.1, -0.05) is 115 Å². The van der Waals surface area contributed by atoms with E-state index in [0.717, 1.165) is 45.2 Å². The number of fused-ring (bicyclic) bond motifs is 6. The van der Waals surface area contributed by atoms with E-state index >= 15 is 0 Å². The van der Waals surface area contributed by atoms with Crippen molar-refractivity contribution < 1.29 is 4.42 Å². The van der Waals surface area contributed by atoms with Crippen LogP contribution in [0.2, 0.25) is 0 Å². The van der Waals surface area contributed by atoms with E-state index in [4.69, 9.17) is 9.40 Å². The van der Waals surface area contributed by atoms with Gasteiger partial charge in [-0.3, -0.25) is 0 Å². The molecule has 0 fully saturated rings. The molecule has 0 spiro atoms. The molecule has 0 aliphatic heterocycles. The summed E-state index contributed by atoms with van der Waals surface area (Å²) in [6.07, 6.45) is 0. The highest BCUT2D eigenvalue weighted by atomic mass is 32.1. The summed E-state index contributed by atoms with van der Waals surface area (Å²) in [5.41, 5.74) is 9.96. The maximum absolute atomic E-state index is 6.56. The second-order valence-electron chi connectivity index (χ2n) is 13.9. The Morgan fingerprint density at radius 2 is 1.13 bits per heavy atom. The van der Waals surface area contributed by atoms with Crippen LogP contribution >= 0.6 is 11.3 Å². The fourth-order valence-electron chi connectivity index (χ4n) is 8.58. The molecule has 2 heterocycles. The minimum atomic E-state index is 0.658. The molecule has 0 saturated carbocycles. The van der Waals surface area contributed by atoms with Crippen LogP contribution in [0.3, 0.4) is 0 Å². The van der Waals surface area contributed by atoms with Crippen molar-refractivity contribution in [2.45, 2.75) is 0 Å². The van der Waals surface area contributed by atoms with Crippen LogP contribution in [0.4, 0.5) is 17.1 Å². The van der Waals surface area contributed by atoms with Crippen LogP contribution in [0.1, 0.15) is 0 Å². The van der Waals surface area contributed by atoms with Crippen molar-refractivity contribution >= 4 is 80.9 Å². The van der Waals surface area contributed by atoms with Gasteiger partial charge in [-0.05, 0) is 87.3 Å². The first-order valence-corrected chi connectivity index (χ1v) is 18.8. The van der Waals surface area contributed by atoms with E-state index in [1.54, 1.807) is 0 Å². The Labute approximate surface area is 309 Å². The number of anilines is 3. The Bertz CT molecular complexity index is 3210. The second kappa shape index (κ2) is 10.9. The SMILES string of the molecule is c1ccc(-c2ccc(N(c3ccc4c(c3)sc3ccccc34)c3ccc4cc5c6c(ccc7ccc3c4c76)-c3nc(-c4ccccc4)oc3-5)cc2)cc1. The van der Waals surface area contributed by atoms with Crippen molar-refractivity contribution in [2.75, 3.05) is 4.90 Å². The zero-order valence-corrected chi connectivity index (χ0v) is 29.2. The molecule has 12 rings (SSSR count). The summed E-state index contributed by atoms with van der Waals surface area (Å²) in [6.45, 7) is 0. The third-order valence-electron chi connectivity index (χ3n) is 11.0. The van der Waals surface area contributed by atoms with E-state index in [9.17, 15) is 0 Å². The highest BCUT2D eigenvalue weighted by Gasteiger charge is 2.31. The van der Waals surface area contributed by atoms with Crippen molar-refractivity contribution in [1.82, 2.24) is 4.98 Å². The second-order valence-corrected chi connectivity index (χ2v) is 15.0. The normalized spacial score (nSPS) is 12.2. The van der Waals surface area contributed by atoms with E-state index in [0.29, 0.717) is 5.89 Å². The van der Waals surface area contributed by atoms with Crippen LogP contribution in [0.15, 0.2) is 174 Å². The van der Waals surface area contributed by atoms with Gasteiger partial charge in [-0.15, -0.1) is 11.3 Å². The first-order valence-electron chi connectivity index (χ1n) is 18.0.